The van der Waals surface area contributed by atoms with Gasteiger partial charge in [0.05, 0.1) is 7.11 Å². The predicted octanol–water partition coefficient (Wildman–Crippen LogP) is 4.72. The minimum absolute atomic E-state index is 0.770. The molecule has 0 bridgehead atoms. The molecule has 0 rings (SSSR count). The van der Waals surface area contributed by atoms with Crippen molar-refractivity contribution in [2.24, 2.45) is 0 Å². The molecule has 0 amide bonds. The molecule has 14 heavy (non-hydrogen) atoms. The van der Waals surface area contributed by atoms with Gasteiger partial charge in [-0.1, -0.05) is 53.3 Å². The fraction of sp³-hybridized carbons (Fsp3) is 0.538. The Morgan fingerprint density at radius 1 is 1.21 bits per heavy atom. The van der Waals surface area contributed by atoms with Crippen LogP contribution in [-0.4, -0.2) is 7.11 Å². The van der Waals surface area contributed by atoms with E-state index in [0.29, 0.717) is 0 Å². The molecule has 1 heteroatoms. The monoisotopic (exact) mass is 198 g/mol. The highest BCUT2D eigenvalue weighted by molar-refractivity contribution is 5.22. The standard InChI is InChI=1S/C9H14O.2C2H6/c1-5-8(3)7-9(6-2)10-4;2*1-2/h6-7H,2-3,5H2,1,4H3;2*1-2H3/b9-7+;;. The van der Waals surface area contributed by atoms with Crippen molar-refractivity contribution in [1.82, 2.24) is 0 Å². The molecule has 1 nitrogen and oxygen atoms in total. The number of hydrogen-bond acceptors (Lipinski definition) is 1. The minimum Gasteiger partial charge on any atom is -0.497 e. The van der Waals surface area contributed by atoms with E-state index in [9.17, 15) is 0 Å². The van der Waals surface area contributed by atoms with Gasteiger partial charge >= 0.3 is 0 Å². The maximum atomic E-state index is 4.95. The average Bonchev–Trinajstić information content (AvgIpc) is 2.30. The highest BCUT2D eigenvalue weighted by Crippen LogP contribution is 2.04. The molecule has 0 atom stereocenters. The second-order valence-corrected chi connectivity index (χ2v) is 1.97. The quantitative estimate of drug-likeness (QED) is 0.469. The van der Waals surface area contributed by atoms with Crippen molar-refractivity contribution in [3.63, 3.8) is 0 Å². The zero-order valence-electron chi connectivity index (χ0n) is 10.7. The second-order valence-electron chi connectivity index (χ2n) is 1.97. The SMILES string of the molecule is C=C/C(=C\C(=C)CC)OC.CC.CC. The van der Waals surface area contributed by atoms with Crippen molar-refractivity contribution in [3.05, 3.63) is 36.6 Å². The molecule has 0 aromatic carbocycles. The molecule has 0 N–H and O–H groups in total. The van der Waals surface area contributed by atoms with Gasteiger partial charge in [0.15, 0.2) is 0 Å². The summed E-state index contributed by atoms with van der Waals surface area (Å²) in [4.78, 5) is 0. The number of allylic oxidation sites excluding steroid dienone is 3. The van der Waals surface area contributed by atoms with Gasteiger partial charge in [-0.2, -0.15) is 0 Å². The lowest BCUT2D eigenvalue weighted by Crippen LogP contribution is -1.81. The minimum atomic E-state index is 0.770. The lowest BCUT2D eigenvalue weighted by molar-refractivity contribution is 0.306. The van der Waals surface area contributed by atoms with Crippen LogP contribution in [0.3, 0.4) is 0 Å². The molecule has 84 valence electrons. The fourth-order valence-corrected chi connectivity index (χ4v) is 0.504. The van der Waals surface area contributed by atoms with Crippen LogP contribution in [0.5, 0.6) is 0 Å². The Hall–Kier alpha value is -0.980. The molecule has 0 fully saturated rings. The van der Waals surface area contributed by atoms with Crippen LogP contribution in [0.1, 0.15) is 41.0 Å². The lowest BCUT2D eigenvalue weighted by Gasteiger charge is -1.99. The van der Waals surface area contributed by atoms with Gasteiger partial charge in [0, 0.05) is 0 Å². The molecule has 0 saturated heterocycles. The first-order valence-corrected chi connectivity index (χ1v) is 5.30. The highest BCUT2D eigenvalue weighted by Gasteiger charge is 1.88. The Kier molecular flexibility index (Phi) is 24.0. The highest BCUT2D eigenvalue weighted by atomic mass is 16.5. The summed E-state index contributed by atoms with van der Waals surface area (Å²) in [5.74, 6) is 0.770. The van der Waals surface area contributed by atoms with Gasteiger partial charge in [0.25, 0.3) is 0 Å². The summed E-state index contributed by atoms with van der Waals surface area (Å²) in [5.41, 5.74) is 1.05. The topological polar surface area (TPSA) is 9.23 Å². The summed E-state index contributed by atoms with van der Waals surface area (Å²) in [6, 6.07) is 0. The van der Waals surface area contributed by atoms with Crippen LogP contribution < -0.4 is 0 Å². The van der Waals surface area contributed by atoms with Crippen molar-refractivity contribution < 1.29 is 4.74 Å². The van der Waals surface area contributed by atoms with Crippen LogP contribution in [0.4, 0.5) is 0 Å². The zero-order chi connectivity index (χ0) is 12.0. The second kappa shape index (κ2) is 17.9. The summed E-state index contributed by atoms with van der Waals surface area (Å²) < 4.78 is 4.95. The summed E-state index contributed by atoms with van der Waals surface area (Å²) in [6.45, 7) is 17.4. The van der Waals surface area contributed by atoms with E-state index in [1.54, 1.807) is 13.2 Å². The molecule has 0 aromatic heterocycles. The maximum absolute atomic E-state index is 4.95. The first kappa shape index (κ1) is 18.7. The summed E-state index contributed by atoms with van der Waals surface area (Å²) in [7, 11) is 1.62. The molecule has 0 saturated carbocycles. The van der Waals surface area contributed by atoms with E-state index < -0.39 is 0 Å². The van der Waals surface area contributed by atoms with Crippen molar-refractivity contribution in [1.29, 1.82) is 0 Å². The van der Waals surface area contributed by atoms with Gasteiger partial charge in [0.2, 0.25) is 0 Å². The molecule has 0 aliphatic heterocycles. The van der Waals surface area contributed by atoms with E-state index in [1.807, 2.05) is 33.8 Å². The van der Waals surface area contributed by atoms with E-state index in [2.05, 4.69) is 20.1 Å². The largest absolute Gasteiger partial charge is 0.497 e. The first-order valence-electron chi connectivity index (χ1n) is 5.30. The van der Waals surface area contributed by atoms with Crippen LogP contribution in [-0.2, 0) is 4.74 Å². The van der Waals surface area contributed by atoms with Gasteiger partial charge in [-0.15, -0.1) is 0 Å². The smallest absolute Gasteiger partial charge is 0.118 e. The maximum Gasteiger partial charge on any atom is 0.118 e. The van der Waals surface area contributed by atoms with Gasteiger partial charge < -0.3 is 4.74 Å². The van der Waals surface area contributed by atoms with Gasteiger partial charge in [0.1, 0.15) is 5.76 Å². The number of hydrogen-bond donors (Lipinski definition) is 0. The Morgan fingerprint density at radius 2 is 1.64 bits per heavy atom. The molecule has 0 aliphatic rings. The third-order valence-corrected chi connectivity index (χ3v) is 1.24. The normalized spacial score (nSPS) is 8.57. The summed E-state index contributed by atoms with van der Waals surface area (Å²) in [5, 5.41) is 0. The molecular weight excluding hydrogens is 172 g/mol. The number of ether oxygens (including phenoxy) is 1. The first-order chi connectivity index (χ1) is 6.74. The van der Waals surface area contributed by atoms with Gasteiger partial charge in [-0.25, -0.2) is 0 Å². The molecule has 0 aliphatic carbocycles. The van der Waals surface area contributed by atoms with Crippen LogP contribution in [0.25, 0.3) is 0 Å². The molecule has 0 spiro atoms. The Balaban J connectivity index is -0.000000266. The molecule has 0 unspecified atom stereocenters. The summed E-state index contributed by atoms with van der Waals surface area (Å²) in [6.07, 6.45) is 4.49. The summed E-state index contributed by atoms with van der Waals surface area (Å²) >= 11 is 0. The Morgan fingerprint density at radius 3 is 1.86 bits per heavy atom. The van der Waals surface area contributed by atoms with Crippen molar-refractivity contribution >= 4 is 0 Å². The van der Waals surface area contributed by atoms with Gasteiger partial charge in [-0.05, 0) is 18.6 Å². The van der Waals surface area contributed by atoms with Crippen LogP contribution in [0.15, 0.2) is 36.6 Å². The van der Waals surface area contributed by atoms with Crippen molar-refractivity contribution in [3.8, 4) is 0 Å². The third kappa shape index (κ3) is 13.6. The predicted molar refractivity (Wildman–Crippen MR) is 67.4 cm³/mol. The van der Waals surface area contributed by atoms with Crippen LogP contribution >= 0.6 is 0 Å². The van der Waals surface area contributed by atoms with E-state index in [0.717, 1.165) is 17.8 Å². The molecular formula is C13H26O. The lowest BCUT2D eigenvalue weighted by atomic mass is 10.2. The molecule has 0 aromatic rings. The Labute approximate surface area is 90.2 Å². The fourth-order valence-electron chi connectivity index (χ4n) is 0.504. The van der Waals surface area contributed by atoms with E-state index in [1.165, 1.54) is 0 Å². The zero-order valence-corrected chi connectivity index (χ0v) is 10.7. The molecule has 0 heterocycles. The van der Waals surface area contributed by atoms with E-state index in [4.69, 9.17) is 4.74 Å². The average molecular weight is 198 g/mol. The van der Waals surface area contributed by atoms with Crippen molar-refractivity contribution in [2.75, 3.05) is 7.11 Å². The van der Waals surface area contributed by atoms with Crippen LogP contribution in [0, 0.1) is 0 Å². The van der Waals surface area contributed by atoms with Gasteiger partial charge in [-0.3, -0.25) is 0 Å². The van der Waals surface area contributed by atoms with E-state index in [-0.39, 0.29) is 0 Å². The third-order valence-electron chi connectivity index (χ3n) is 1.24. The van der Waals surface area contributed by atoms with Crippen LogP contribution in [0.2, 0.25) is 0 Å². The number of rotatable bonds is 4. The molecule has 0 radical (unpaired) electrons. The van der Waals surface area contributed by atoms with E-state index >= 15 is 0 Å². The Bertz CT molecular complexity index is 155. The van der Waals surface area contributed by atoms with Crippen molar-refractivity contribution in [2.45, 2.75) is 41.0 Å². The number of methoxy groups -OCH3 is 1.